The van der Waals surface area contributed by atoms with Crippen LogP contribution in [0.15, 0.2) is 35.9 Å². The first-order valence-corrected chi connectivity index (χ1v) is 5.33. The molecule has 0 radical (unpaired) electrons. The molecule has 0 bridgehead atoms. The zero-order valence-corrected chi connectivity index (χ0v) is 8.94. The highest BCUT2D eigenvalue weighted by Crippen LogP contribution is 2.34. The number of rotatable bonds is 3. The van der Waals surface area contributed by atoms with Gasteiger partial charge in [0, 0.05) is 5.56 Å². The third kappa shape index (κ3) is 2.05. The molecule has 15 heavy (non-hydrogen) atoms. The van der Waals surface area contributed by atoms with Gasteiger partial charge in [-0.25, -0.2) is 0 Å². The molecule has 1 aliphatic carbocycles. The number of para-hydroxylation sites is 1. The molecule has 0 aromatic heterocycles. The largest absolute Gasteiger partial charge is 0.496 e. The van der Waals surface area contributed by atoms with Crippen molar-refractivity contribution in [3.8, 4) is 5.75 Å². The predicted octanol–water partition coefficient (Wildman–Crippen LogP) is 2.84. The second-order valence-corrected chi connectivity index (χ2v) is 3.82. The minimum Gasteiger partial charge on any atom is -0.496 e. The quantitative estimate of drug-likeness (QED) is 0.767. The molecule has 0 saturated carbocycles. The number of aliphatic hydroxyl groups excluding tert-OH is 1. The highest BCUT2D eigenvalue weighted by atomic mass is 16.5. The number of hydrogen-bond donors (Lipinski definition) is 1. The van der Waals surface area contributed by atoms with Crippen molar-refractivity contribution in [1.82, 2.24) is 0 Å². The van der Waals surface area contributed by atoms with Gasteiger partial charge in [-0.15, -0.1) is 0 Å². The first-order chi connectivity index (χ1) is 7.33. The van der Waals surface area contributed by atoms with Crippen molar-refractivity contribution < 1.29 is 9.84 Å². The first-order valence-electron chi connectivity index (χ1n) is 5.33. The van der Waals surface area contributed by atoms with Gasteiger partial charge in [-0.3, -0.25) is 0 Å². The summed E-state index contributed by atoms with van der Waals surface area (Å²) in [7, 11) is 1.63. The van der Waals surface area contributed by atoms with Crippen molar-refractivity contribution in [3.05, 3.63) is 41.5 Å². The Morgan fingerprint density at radius 3 is 2.80 bits per heavy atom. The van der Waals surface area contributed by atoms with Gasteiger partial charge in [-0.05, 0) is 30.9 Å². The molecule has 0 heterocycles. The molecule has 2 heteroatoms. The van der Waals surface area contributed by atoms with Crippen LogP contribution in [0, 0.1) is 0 Å². The Balaban J connectivity index is 2.27. The number of allylic oxidation sites excluding steroid dienone is 1. The number of methoxy groups -OCH3 is 1. The average molecular weight is 204 g/mol. The normalized spacial score (nSPS) is 17.3. The molecule has 1 N–H and O–H groups in total. The maximum absolute atomic E-state index is 10.2. The topological polar surface area (TPSA) is 29.5 Å². The predicted molar refractivity (Wildman–Crippen MR) is 59.9 cm³/mol. The summed E-state index contributed by atoms with van der Waals surface area (Å²) in [6, 6.07) is 7.64. The van der Waals surface area contributed by atoms with Gasteiger partial charge in [-0.1, -0.05) is 24.3 Å². The van der Waals surface area contributed by atoms with E-state index in [0.29, 0.717) is 0 Å². The van der Waals surface area contributed by atoms with E-state index in [1.807, 2.05) is 24.3 Å². The second-order valence-electron chi connectivity index (χ2n) is 3.82. The van der Waals surface area contributed by atoms with Gasteiger partial charge in [0.05, 0.1) is 7.11 Å². The van der Waals surface area contributed by atoms with Crippen LogP contribution in [0.25, 0.3) is 0 Å². The minimum atomic E-state index is -0.497. The Bertz CT molecular complexity index is 369. The minimum absolute atomic E-state index is 0.497. The monoisotopic (exact) mass is 204 g/mol. The van der Waals surface area contributed by atoms with E-state index in [4.69, 9.17) is 4.74 Å². The van der Waals surface area contributed by atoms with E-state index in [1.165, 1.54) is 0 Å². The Hall–Kier alpha value is -1.28. The zero-order valence-electron chi connectivity index (χ0n) is 8.94. The molecule has 0 fully saturated rings. The third-order valence-electron chi connectivity index (χ3n) is 2.86. The van der Waals surface area contributed by atoms with Crippen molar-refractivity contribution in [2.75, 3.05) is 7.11 Å². The molecule has 80 valence electrons. The van der Waals surface area contributed by atoms with Crippen molar-refractivity contribution >= 4 is 0 Å². The summed E-state index contributed by atoms with van der Waals surface area (Å²) in [4.78, 5) is 0. The number of benzene rings is 1. The maximum atomic E-state index is 10.2. The molecule has 0 spiro atoms. The van der Waals surface area contributed by atoms with Gasteiger partial charge in [0.25, 0.3) is 0 Å². The zero-order chi connectivity index (χ0) is 10.7. The van der Waals surface area contributed by atoms with Crippen LogP contribution < -0.4 is 4.74 Å². The van der Waals surface area contributed by atoms with Crippen molar-refractivity contribution in [2.24, 2.45) is 0 Å². The van der Waals surface area contributed by atoms with Gasteiger partial charge in [0.2, 0.25) is 0 Å². The summed E-state index contributed by atoms with van der Waals surface area (Å²) in [6.45, 7) is 0. The molecule has 1 aliphatic rings. The van der Waals surface area contributed by atoms with E-state index < -0.39 is 6.10 Å². The fraction of sp³-hybridized carbons (Fsp3) is 0.385. The lowest BCUT2D eigenvalue weighted by Crippen LogP contribution is -2.02. The molecule has 1 aromatic rings. The number of ether oxygens (including phenoxy) is 1. The fourth-order valence-electron chi connectivity index (χ4n) is 2.04. The summed E-state index contributed by atoms with van der Waals surface area (Å²) in [5.41, 5.74) is 1.99. The van der Waals surface area contributed by atoms with Crippen LogP contribution >= 0.6 is 0 Å². The molecular weight excluding hydrogens is 188 g/mol. The van der Waals surface area contributed by atoms with Gasteiger partial charge in [-0.2, -0.15) is 0 Å². The second kappa shape index (κ2) is 4.49. The SMILES string of the molecule is COc1ccccc1C(O)C1=CCCC1. The summed E-state index contributed by atoms with van der Waals surface area (Å²) in [5, 5.41) is 10.2. The van der Waals surface area contributed by atoms with Crippen LogP contribution in [0.3, 0.4) is 0 Å². The molecule has 0 amide bonds. The summed E-state index contributed by atoms with van der Waals surface area (Å²) >= 11 is 0. The van der Waals surface area contributed by atoms with E-state index in [2.05, 4.69) is 6.08 Å². The molecule has 0 saturated heterocycles. The van der Waals surface area contributed by atoms with Crippen LogP contribution in [0.4, 0.5) is 0 Å². The molecular formula is C13H16O2. The maximum Gasteiger partial charge on any atom is 0.124 e. The molecule has 0 aliphatic heterocycles. The van der Waals surface area contributed by atoms with Gasteiger partial charge < -0.3 is 9.84 Å². The standard InChI is InChI=1S/C13H16O2/c1-15-12-9-5-4-8-11(12)13(14)10-6-2-3-7-10/h4-6,8-9,13-14H,2-3,7H2,1H3. The third-order valence-corrected chi connectivity index (χ3v) is 2.86. The molecule has 1 aromatic carbocycles. The lowest BCUT2D eigenvalue weighted by Gasteiger charge is -2.15. The van der Waals surface area contributed by atoms with Gasteiger partial charge in [0.1, 0.15) is 11.9 Å². The van der Waals surface area contributed by atoms with Crippen LogP contribution in [0.2, 0.25) is 0 Å². The first kappa shape index (κ1) is 10.2. The number of aliphatic hydroxyl groups is 1. The Morgan fingerprint density at radius 1 is 1.33 bits per heavy atom. The molecule has 1 unspecified atom stereocenters. The summed E-state index contributed by atoms with van der Waals surface area (Å²) in [5.74, 6) is 0.762. The average Bonchev–Trinajstić information content (AvgIpc) is 2.81. The van der Waals surface area contributed by atoms with Crippen molar-refractivity contribution in [3.63, 3.8) is 0 Å². The van der Waals surface area contributed by atoms with E-state index >= 15 is 0 Å². The lowest BCUT2D eigenvalue weighted by molar-refractivity contribution is 0.207. The van der Waals surface area contributed by atoms with Crippen LogP contribution in [-0.2, 0) is 0 Å². The number of hydrogen-bond acceptors (Lipinski definition) is 2. The molecule has 2 nitrogen and oxygen atoms in total. The van der Waals surface area contributed by atoms with Crippen LogP contribution in [0.1, 0.15) is 30.9 Å². The van der Waals surface area contributed by atoms with Crippen molar-refractivity contribution in [2.45, 2.75) is 25.4 Å². The van der Waals surface area contributed by atoms with Gasteiger partial charge in [0.15, 0.2) is 0 Å². The van der Waals surface area contributed by atoms with Crippen LogP contribution in [0.5, 0.6) is 5.75 Å². The molecule has 2 rings (SSSR count). The van der Waals surface area contributed by atoms with E-state index in [-0.39, 0.29) is 0 Å². The smallest absolute Gasteiger partial charge is 0.124 e. The highest BCUT2D eigenvalue weighted by molar-refractivity contribution is 5.39. The summed E-state index contributed by atoms with van der Waals surface area (Å²) < 4.78 is 5.24. The lowest BCUT2D eigenvalue weighted by atomic mass is 10.0. The van der Waals surface area contributed by atoms with E-state index in [9.17, 15) is 5.11 Å². The fourth-order valence-corrected chi connectivity index (χ4v) is 2.04. The molecule has 1 atom stereocenters. The van der Waals surface area contributed by atoms with E-state index in [1.54, 1.807) is 7.11 Å². The Morgan fingerprint density at radius 2 is 2.13 bits per heavy atom. The summed E-state index contributed by atoms with van der Waals surface area (Å²) in [6.07, 6.45) is 4.88. The van der Waals surface area contributed by atoms with Gasteiger partial charge >= 0.3 is 0 Å². The highest BCUT2D eigenvalue weighted by Gasteiger charge is 2.18. The van der Waals surface area contributed by atoms with E-state index in [0.717, 1.165) is 36.1 Å². The Kier molecular flexibility index (Phi) is 3.07. The Labute approximate surface area is 90.2 Å². The van der Waals surface area contributed by atoms with Crippen molar-refractivity contribution in [1.29, 1.82) is 0 Å². The van der Waals surface area contributed by atoms with Crippen LogP contribution in [-0.4, -0.2) is 12.2 Å².